The van der Waals surface area contributed by atoms with Gasteiger partial charge in [-0.15, -0.1) is 0 Å². The topological polar surface area (TPSA) is 39.4 Å². The molecular weight excluding hydrogens is 276 g/mol. The highest BCUT2D eigenvalue weighted by atomic mass is 16.5. The molecule has 1 aliphatic rings. The zero-order valence-electron chi connectivity index (χ0n) is 12.5. The number of benzene rings is 2. The Labute approximate surface area is 128 Å². The maximum Gasteiger partial charge on any atom is 0.343 e. The number of ether oxygens (including phenoxy) is 1. The van der Waals surface area contributed by atoms with E-state index in [2.05, 4.69) is 0 Å². The molecule has 0 unspecified atom stereocenters. The van der Waals surface area contributed by atoms with Crippen LogP contribution in [0.25, 0.3) is 22.1 Å². The molecule has 110 valence electrons. The highest BCUT2D eigenvalue weighted by Crippen LogP contribution is 2.44. The first-order valence-electron chi connectivity index (χ1n) is 7.48. The van der Waals surface area contributed by atoms with Gasteiger partial charge in [0.05, 0.1) is 10.9 Å². The molecule has 0 radical (unpaired) electrons. The molecule has 0 N–H and O–H groups in total. The summed E-state index contributed by atoms with van der Waals surface area (Å²) in [7, 11) is 0. The Bertz CT molecular complexity index is 909. The molecule has 0 fully saturated rings. The van der Waals surface area contributed by atoms with Gasteiger partial charge in [-0.3, -0.25) is 0 Å². The third-order valence-corrected chi connectivity index (χ3v) is 4.47. The Morgan fingerprint density at radius 3 is 2.50 bits per heavy atom. The van der Waals surface area contributed by atoms with E-state index in [4.69, 9.17) is 9.15 Å². The van der Waals surface area contributed by atoms with E-state index < -0.39 is 0 Å². The van der Waals surface area contributed by atoms with Crippen molar-refractivity contribution in [2.75, 3.05) is 0 Å². The van der Waals surface area contributed by atoms with Gasteiger partial charge in [0, 0.05) is 5.92 Å². The van der Waals surface area contributed by atoms with Crippen LogP contribution in [0.15, 0.2) is 57.7 Å². The fraction of sp³-hybridized carbons (Fsp3) is 0.211. The summed E-state index contributed by atoms with van der Waals surface area (Å²) >= 11 is 0. The first-order valence-corrected chi connectivity index (χ1v) is 7.48. The summed E-state index contributed by atoms with van der Waals surface area (Å²) in [6.07, 6.45) is -0.0210. The Hall–Kier alpha value is -2.55. The molecule has 0 saturated carbocycles. The highest BCUT2D eigenvalue weighted by molar-refractivity contribution is 5.99. The van der Waals surface area contributed by atoms with Gasteiger partial charge in [-0.05, 0) is 24.1 Å². The number of hydrogen-bond acceptors (Lipinski definition) is 3. The minimum atomic E-state index is -0.287. The average molecular weight is 292 g/mol. The molecular formula is C19H16O3. The van der Waals surface area contributed by atoms with E-state index in [0.29, 0.717) is 16.9 Å². The monoisotopic (exact) mass is 292 g/mol. The lowest BCUT2D eigenvalue weighted by atomic mass is 9.96. The summed E-state index contributed by atoms with van der Waals surface area (Å²) in [4.78, 5) is 12.3. The number of rotatable bonds is 1. The van der Waals surface area contributed by atoms with Crippen LogP contribution in [0.4, 0.5) is 0 Å². The summed E-state index contributed by atoms with van der Waals surface area (Å²) < 4.78 is 11.6. The molecule has 0 aliphatic carbocycles. The minimum absolute atomic E-state index is 0.0210. The van der Waals surface area contributed by atoms with E-state index in [1.165, 1.54) is 0 Å². The van der Waals surface area contributed by atoms with Gasteiger partial charge in [-0.1, -0.05) is 49.4 Å². The summed E-state index contributed by atoms with van der Waals surface area (Å²) in [6, 6.07) is 15.8. The molecule has 3 heteroatoms. The fourth-order valence-corrected chi connectivity index (χ4v) is 3.13. The molecule has 1 aliphatic heterocycles. The van der Waals surface area contributed by atoms with Gasteiger partial charge in [0.1, 0.15) is 17.4 Å². The van der Waals surface area contributed by atoms with Crippen LogP contribution in [0.2, 0.25) is 0 Å². The second-order valence-electron chi connectivity index (χ2n) is 5.79. The minimum Gasteiger partial charge on any atom is -0.489 e. The van der Waals surface area contributed by atoms with E-state index >= 15 is 0 Å². The molecule has 0 bridgehead atoms. The molecule has 2 atom stereocenters. The van der Waals surface area contributed by atoms with E-state index in [9.17, 15) is 4.79 Å². The van der Waals surface area contributed by atoms with Crippen molar-refractivity contribution in [1.82, 2.24) is 0 Å². The lowest BCUT2D eigenvalue weighted by Crippen LogP contribution is -2.14. The lowest BCUT2D eigenvalue weighted by Gasteiger charge is -2.10. The number of hydrogen-bond donors (Lipinski definition) is 0. The smallest absolute Gasteiger partial charge is 0.343 e. The van der Waals surface area contributed by atoms with Gasteiger partial charge < -0.3 is 9.15 Å². The maximum absolute atomic E-state index is 12.3. The molecule has 0 saturated heterocycles. The lowest BCUT2D eigenvalue weighted by molar-refractivity contribution is 0.234. The van der Waals surface area contributed by atoms with Gasteiger partial charge in [0.25, 0.3) is 0 Å². The van der Waals surface area contributed by atoms with Gasteiger partial charge in [0.2, 0.25) is 0 Å². The third kappa shape index (κ3) is 1.78. The van der Waals surface area contributed by atoms with Gasteiger partial charge in [-0.2, -0.15) is 0 Å². The van der Waals surface area contributed by atoms with Gasteiger partial charge in [0.15, 0.2) is 0 Å². The van der Waals surface area contributed by atoms with Crippen LogP contribution in [0, 0.1) is 0 Å². The van der Waals surface area contributed by atoms with E-state index in [1.807, 2.05) is 62.4 Å². The molecule has 1 aromatic heterocycles. The van der Waals surface area contributed by atoms with E-state index in [0.717, 1.165) is 16.5 Å². The third-order valence-electron chi connectivity index (χ3n) is 4.47. The Morgan fingerprint density at radius 1 is 0.955 bits per heavy atom. The first kappa shape index (κ1) is 13.1. The molecule has 2 heterocycles. The van der Waals surface area contributed by atoms with Gasteiger partial charge >= 0.3 is 5.63 Å². The fourth-order valence-electron chi connectivity index (χ4n) is 3.13. The Morgan fingerprint density at radius 2 is 1.73 bits per heavy atom. The van der Waals surface area contributed by atoms with E-state index in [-0.39, 0.29) is 17.6 Å². The largest absolute Gasteiger partial charge is 0.489 e. The first-order chi connectivity index (χ1) is 10.7. The quantitative estimate of drug-likeness (QED) is 0.626. The van der Waals surface area contributed by atoms with Crippen LogP contribution >= 0.6 is 0 Å². The second kappa shape index (κ2) is 4.73. The zero-order valence-corrected chi connectivity index (χ0v) is 12.5. The molecule has 0 amide bonds. The summed E-state index contributed by atoms with van der Waals surface area (Å²) in [5.41, 5.74) is 3.05. The van der Waals surface area contributed by atoms with Crippen molar-refractivity contribution < 1.29 is 9.15 Å². The van der Waals surface area contributed by atoms with Crippen LogP contribution in [-0.2, 0) is 0 Å². The molecule has 0 spiro atoms. The molecule has 3 aromatic rings. The predicted molar refractivity (Wildman–Crippen MR) is 86.4 cm³/mol. The van der Waals surface area contributed by atoms with Crippen LogP contribution in [0.1, 0.15) is 25.3 Å². The highest BCUT2D eigenvalue weighted by Gasteiger charge is 2.34. The van der Waals surface area contributed by atoms with Crippen LogP contribution in [0.3, 0.4) is 0 Å². The van der Waals surface area contributed by atoms with Crippen LogP contribution < -0.4 is 10.4 Å². The summed E-state index contributed by atoms with van der Waals surface area (Å²) in [5, 5.41) is 0.888. The van der Waals surface area contributed by atoms with Crippen molar-refractivity contribution in [2.45, 2.75) is 25.9 Å². The maximum atomic E-state index is 12.3. The summed E-state index contributed by atoms with van der Waals surface area (Å²) in [5.74, 6) is 0.727. The SMILES string of the molecule is C[C@@H]1c2c(c3c(-c4ccccc4)cccc3oc2=O)O[C@@H]1C. The molecule has 22 heavy (non-hydrogen) atoms. The molecule has 2 aromatic carbocycles. The van der Waals surface area contributed by atoms with Gasteiger partial charge in [-0.25, -0.2) is 4.79 Å². The average Bonchev–Trinajstić information content (AvgIpc) is 2.84. The van der Waals surface area contributed by atoms with Crippen molar-refractivity contribution in [2.24, 2.45) is 0 Å². The van der Waals surface area contributed by atoms with Crippen molar-refractivity contribution in [3.05, 3.63) is 64.5 Å². The normalized spacial score (nSPS) is 19.9. The molecule has 3 nitrogen and oxygen atoms in total. The van der Waals surface area contributed by atoms with E-state index in [1.54, 1.807) is 0 Å². The van der Waals surface area contributed by atoms with Crippen molar-refractivity contribution in [3.63, 3.8) is 0 Å². The standard InChI is InChI=1S/C19H16O3/c1-11-12(2)21-18-16(11)19(20)22-15-10-6-9-14(17(15)18)13-7-4-3-5-8-13/h3-12H,1-2H3/t11-,12+/m0/s1. The predicted octanol–water partition coefficient (Wildman–Crippen LogP) is 4.34. The second-order valence-corrected chi connectivity index (χ2v) is 5.79. The van der Waals surface area contributed by atoms with Crippen LogP contribution in [-0.4, -0.2) is 6.10 Å². The summed E-state index contributed by atoms with van der Waals surface area (Å²) in [6.45, 7) is 3.99. The Balaban J connectivity index is 2.12. The van der Waals surface area contributed by atoms with Crippen molar-refractivity contribution in [1.29, 1.82) is 0 Å². The Kier molecular flexibility index (Phi) is 2.83. The van der Waals surface area contributed by atoms with Crippen molar-refractivity contribution >= 4 is 11.0 Å². The van der Waals surface area contributed by atoms with Crippen LogP contribution in [0.5, 0.6) is 5.75 Å². The number of fused-ring (bicyclic) bond motifs is 3. The molecule has 4 rings (SSSR count). The van der Waals surface area contributed by atoms with Crippen molar-refractivity contribution in [3.8, 4) is 16.9 Å². The zero-order chi connectivity index (χ0) is 15.3.